The lowest BCUT2D eigenvalue weighted by molar-refractivity contribution is 0.398. The molecule has 0 saturated carbocycles. The minimum absolute atomic E-state index is 0.607. The molecule has 3 heteroatoms. The maximum atomic E-state index is 11.4. The topological polar surface area (TPSA) is 26.3 Å². The van der Waals surface area contributed by atoms with E-state index in [0.29, 0.717) is 5.92 Å². The number of hydrogen-bond acceptors (Lipinski definition) is 2. The van der Waals surface area contributed by atoms with Crippen LogP contribution in [-0.4, -0.2) is 19.4 Å². The van der Waals surface area contributed by atoms with E-state index >= 15 is 0 Å². The molecule has 0 N–H and O–H groups in total. The third-order valence-electron chi connectivity index (χ3n) is 1.89. The van der Waals surface area contributed by atoms with Crippen molar-refractivity contribution in [2.24, 2.45) is 5.92 Å². The van der Waals surface area contributed by atoms with Gasteiger partial charge in [-0.2, -0.15) is 0 Å². The fraction of sp³-hybridized carbons (Fsp3) is 1.00. The van der Waals surface area contributed by atoms with E-state index in [2.05, 4.69) is 6.92 Å². The maximum Gasteiger partial charge on any atom is 0.203 e. The molecule has 0 aromatic carbocycles. The minimum atomic E-state index is -2.11. The molecule has 9 heavy (non-hydrogen) atoms. The third kappa shape index (κ3) is 1.56. The molecule has 0 aromatic heterocycles. The summed E-state index contributed by atoms with van der Waals surface area (Å²) >= 11 is 0. The van der Waals surface area contributed by atoms with E-state index in [9.17, 15) is 4.57 Å². The van der Waals surface area contributed by atoms with Crippen molar-refractivity contribution in [2.45, 2.75) is 13.3 Å². The summed E-state index contributed by atoms with van der Waals surface area (Å²) in [6, 6.07) is 0. The van der Waals surface area contributed by atoms with Gasteiger partial charge in [-0.05, 0) is 12.3 Å². The number of hydrogen-bond donors (Lipinski definition) is 0. The first kappa shape index (κ1) is 7.30. The Morgan fingerprint density at radius 1 is 1.67 bits per heavy atom. The average Bonchev–Trinajstić information content (AvgIpc) is 2.13. The van der Waals surface area contributed by atoms with Crippen LogP contribution in [0.1, 0.15) is 13.3 Å². The van der Waals surface area contributed by atoms with E-state index < -0.39 is 7.37 Å². The summed E-state index contributed by atoms with van der Waals surface area (Å²) in [6.45, 7) is 2.12. The van der Waals surface area contributed by atoms with Gasteiger partial charge in [0, 0.05) is 19.4 Å². The molecule has 2 atom stereocenters. The zero-order chi connectivity index (χ0) is 6.91. The molecule has 1 unspecified atom stereocenters. The second-order valence-electron chi connectivity index (χ2n) is 2.80. The zero-order valence-corrected chi connectivity index (χ0v) is 6.86. The standard InChI is InChI=1S/C6H13O2P/c1-6-3-4-9(7,5-6)8-2/h6H,3-5H2,1-2H3/t6-,9?/m0/s1. The molecular formula is C6H13O2P. The molecule has 0 aliphatic carbocycles. The molecule has 0 spiro atoms. The molecular weight excluding hydrogens is 135 g/mol. The van der Waals surface area contributed by atoms with Gasteiger partial charge in [0.15, 0.2) is 0 Å². The van der Waals surface area contributed by atoms with Crippen molar-refractivity contribution in [1.29, 1.82) is 0 Å². The Kier molecular flexibility index (Phi) is 1.97. The fourth-order valence-corrected chi connectivity index (χ4v) is 3.72. The Morgan fingerprint density at radius 2 is 2.33 bits per heavy atom. The number of rotatable bonds is 1. The summed E-state index contributed by atoms with van der Waals surface area (Å²) in [4.78, 5) is 0. The highest BCUT2D eigenvalue weighted by atomic mass is 31.2. The molecule has 54 valence electrons. The molecule has 0 radical (unpaired) electrons. The van der Waals surface area contributed by atoms with Crippen LogP contribution in [0.3, 0.4) is 0 Å². The minimum Gasteiger partial charge on any atom is -0.332 e. The van der Waals surface area contributed by atoms with Crippen molar-refractivity contribution < 1.29 is 9.09 Å². The molecule has 1 aliphatic rings. The van der Waals surface area contributed by atoms with Gasteiger partial charge in [0.25, 0.3) is 0 Å². The molecule has 2 nitrogen and oxygen atoms in total. The van der Waals surface area contributed by atoms with Crippen LogP contribution in [0.25, 0.3) is 0 Å². The SMILES string of the molecule is COP1(=O)CC[C@H](C)C1. The molecule has 0 bridgehead atoms. The lowest BCUT2D eigenvalue weighted by Gasteiger charge is -2.06. The summed E-state index contributed by atoms with van der Waals surface area (Å²) in [5.74, 6) is 0.607. The van der Waals surface area contributed by atoms with Crippen molar-refractivity contribution >= 4 is 7.37 Å². The Labute approximate surface area is 56.0 Å². The fourth-order valence-electron chi connectivity index (χ4n) is 1.24. The molecule has 0 aromatic rings. The second kappa shape index (κ2) is 2.43. The molecule has 1 heterocycles. The van der Waals surface area contributed by atoms with Gasteiger partial charge in [-0.25, -0.2) is 0 Å². The normalized spacial score (nSPS) is 43.6. The van der Waals surface area contributed by atoms with Crippen molar-refractivity contribution in [2.75, 3.05) is 19.4 Å². The van der Waals surface area contributed by atoms with Crippen LogP contribution in [0.15, 0.2) is 0 Å². The van der Waals surface area contributed by atoms with Crippen LogP contribution in [0.2, 0.25) is 0 Å². The molecule has 1 saturated heterocycles. The van der Waals surface area contributed by atoms with E-state index in [-0.39, 0.29) is 0 Å². The van der Waals surface area contributed by atoms with Crippen molar-refractivity contribution in [3.8, 4) is 0 Å². The Balaban J connectivity index is 2.55. The lowest BCUT2D eigenvalue weighted by atomic mass is 10.2. The largest absolute Gasteiger partial charge is 0.332 e. The van der Waals surface area contributed by atoms with Crippen LogP contribution in [0.5, 0.6) is 0 Å². The monoisotopic (exact) mass is 148 g/mol. The lowest BCUT2D eigenvalue weighted by Crippen LogP contribution is -1.90. The van der Waals surface area contributed by atoms with E-state index in [1.165, 1.54) is 0 Å². The van der Waals surface area contributed by atoms with Gasteiger partial charge in [0.1, 0.15) is 0 Å². The predicted octanol–water partition coefficient (Wildman–Crippen LogP) is 1.95. The highest BCUT2D eigenvalue weighted by Gasteiger charge is 2.31. The smallest absolute Gasteiger partial charge is 0.203 e. The van der Waals surface area contributed by atoms with Crippen LogP contribution in [0.4, 0.5) is 0 Å². The molecule has 1 rings (SSSR count). The Morgan fingerprint density at radius 3 is 2.56 bits per heavy atom. The van der Waals surface area contributed by atoms with Gasteiger partial charge in [0.2, 0.25) is 7.37 Å². The summed E-state index contributed by atoms with van der Waals surface area (Å²) in [5, 5.41) is 0. The van der Waals surface area contributed by atoms with Crippen LogP contribution in [-0.2, 0) is 9.09 Å². The Hall–Kier alpha value is 0.190. The van der Waals surface area contributed by atoms with Crippen LogP contribution < -0.4 is 0 Å². The molecule has 1 aliphatic heterocycles. The second-order valence-corrected chi connectivity index (χ2v) is 5.60. The van der Waals surface area contributed by atoms with Gasteiger partial charge in [-0.3, -0.25) is 4.57 Å². The van der Waals surface area contributed by atoms with Crippen molar-refractivity contribution in [3.05, 3.63) is 0 Å². The first-order valence-corrected chi connectivity index (χ1v) is 5.29. The van der Waals surface area contributed by atoms with E-state index in [1.54, 1.807) is 7.11 Å². The van der Waals surface area contributed by atoms with Gasteiger partial charge >= 0.3 is 0 Å². The van der Waals surface area contributed by atoms with E-state index in [4.69, 9.17) is 4.52 Å². The van der Waals surface area contributed by atoms with Gasteiger partial charge in [-0.15, -0.1) is 0 Å². The van der Waals surface area contributed by atoms with Gasteiger partial charge in [-0.1, -0.05) is 6.92 Å². The summed E-state index contributed by atoms with van der Waals surface area (Å²) < 4.78 is 16.3. The third-order valence-corrected chi connectivity index (χ3v) is 4.67. The highest BCUT2D eigenvalue weighted by molar-refractivity contribution is 7.59. The maximum absolute atomic E-state index is 11.4. The van der Waals surface area contributed by atoms with Crippen LogP contribution in [0, 0.1) is 5.92 Å². The Bertz CT molecular complexity index is 144. The summed E-state index contributed by atoms with van der Waals surface area (Å²) in [7, 11) is -0.553. The average molecular weight is 148 g/mol. The summed E-state index contributed by atoms with van der Waals surface area (Å²) in [6.07, 6.45) is 2.67. The van der Waals surface area contributed by atoms with E-state index in [0.717, 1.165) is 18.7 Å². The highest BCUT2D eigenvalue weighted by Crippen LogP contribution is 2.54. The summed E-state index contributed by atoms with van der Waals surface area (Å²) in [5.41, 5.74) is 0. The first-order valence-electron chi connectivity index (χ1n) is 3.30. The van der Waals surface area contributed by atoms with Gasteiger partial charge in [0.05, 0.1) is 0 Å². The van der Waals surface area contributed by atoms with Crippen molar-refractivity contribution in [1.82, 2.24) is 0 Å². The van der Waals surface area contributed by atoms with E-state index in [1.807, 2.05) is 0 Å². The van der Waals surface area contributed by atoms with Gasteiger partial charge < -0.3 is 4.52 Å². The predicted molar refractivity (Wildman–Crippen MR) is 38.1 cm³/mol. The van der Waals surface area contributed by atoms with Crippen molar-refractivity contribution in [3.63, 3.8) is 0 Å². The molecule has 0 amide bonds. The quantitative estimate of drug-likeness (QED) is 0.531. The van der Waals surface area contributed by atoms with Crippen LogP contribution >= 0.6 is 7.37 Å². The molecule has 1 fully saturated rings. The zero-order valence-electron chi connectivity index (χ0n) is 5.96. The first-order chi connectivity index (χ1) is 4.16.